The predicted octanol–water partition coefficient (Wildman–Crippen LogP) is 2.75. The van der Waals surface area contributed by atoms with Crippen LogP contribution in [-0.4, -0.2) is 50.1 Å². The number of halogens is 1. The van der Waals surface area contributed by atoms with Gasteiger partial charge in [0.2, 0.25) is 0 Å². The van der Waals surface area contributed by atoms with Crippen molar-refractivity contribution in [2.45, 2.75) is 51.1 Å². The molecule has 0 saturated heterocycles. The third-order valence-electron chi connectivity index (χ3n) is 4.91. The van der Waals surface area contributed by atoms with Crippen LogP contribution in [0, 0.1) is 5.82 Å². The van der Waals surface area contributed by atoms with Gasteiger partial charge in [0.25, 0.3) is 0 Å². The van der Waals surface area contributed by atoms with Crippen molar-refractivity contribution in [2.24, 2.45) is 4.99 Å². The van der Waals surface area contributed by atoms with Crippen molar-refractivity contribution in [3.05, 3.63) is 35.6 Å². The van der Waals surface area contributed by atoms with E-state index in [-0.39, 0.29) is 11.2 Å². The second-order valence-electron chi connectivity index (χ2n) is 7.45. The van der Waals surface area contributed by atoms with Crippen molar-refractivity contribution >= 4 is 5.96 Å². The Morgan fingerprint density at radius 1 is 1.38 bits per heavy atom. The van der Waals surface area contributed by atoms with Crippen molar-refractivity contribution < 1.29 is 4.39 Å². The SMILES string of the molecule is CN=C(NCC(C)N(C)C1CC1)NCC(C)(C)c1cccc(F)c1. The van der Waals surface area contributed by atoms with Crippen molar-refractivity contribution in [1.29, 1.82) is 0 Å². The molecule has 1 unspecified atom stereocenters. The molecule has 0 aromatic heterocycles. The number of rotatable bonds is 7. The van der Waals surface area contributed by atoms with Crippen LogP contribution < -0.4 is 10.6 Å². The number of benzene rings is 1. The maximum atomic E-state index is 13.5. The van der Waals surface area contributed by atoms with Crippen LogP contribution in [0.5, 0.6) is 0 Å². The lowest BCUT2D eigenvalue weighted by atomic mass is 9.84. The number of nitrogens with zero attached hydrogens (tertiary/aromatic N) is 2. The van der Waals surface area contributed by atoms with Crippen molar-refractivity contribution in [2.75, 3.05) is 27.2 Å². The standard InChI is InChI=1S/C19H31FN4/c1-14(24(5)17-9-10-17)12-22-18(21-4)23-13-19(2,3)15-7-6-8-16(20)11-15/h6-8,11,14,17H,9-10,12-13H2,1-5H3,(H2,21,22,23). The first-order valence-electron chi connectivity index (χ1n) is 8.76. The Morgan fingerprint density at radius 3 is 2.67 bits per heavy atom. The van der Waals surface area contributed by atoms with E-state index in [1.165, 1.54) is 18.9 Å². The van der Waals surface area contributed by atoms with Gasteiger partial charge in [-0.1, -0.05) is 26.0 Å². The maximum absolute atomic E-state index is 13.5. The summed E-state index contributed by atoms with van der Waals surface area (Å²) in [4.78, 5) is 6.72. The molecule has 0 spiro atoms. The van der Waals surface area contributed by atoms with E-state index in [1.54, 1.807) is 19.2 Å². The molecule has 1 saturated carbocycles. The molecule has 134 valence electrons. The Morgan fingerprint density at radius 2 is 2.08 bits per heavy atom. The number of guanidine groups is 1. The Bertz CT molecular complexity index is 566. The van der Waals surface area contributed by atoms with E-state index in [9.17, 15) is 4.39 Å². The first kappa shape index (κ1) is 18.7. The van der Waals surface area contributed by atoms with Crippen LogP contribution in [0.15, 0.2) is 29.3 Å². The van der Waals surface area contributed by atoms with Gasteiger partial charge in [0.05, 0.1) is 0 Å². The van der Waals surface area contributed by atoms with E-state index >= 15 is 0 Å². The van der Waals surface area contributed by atoms with E-state index in [1.807, 2.05) is 6.07 Å². The molecule has 1 aromatic carbocycles. The van der Waals surface area contributed by atoms with Crippen LogP contribution in [0.25, 0.3) is 0 Å². The minimum Gasteiger partial charge on any atom is -0.356 e. The lowest BCUT2D eigenvalue weighted by Gasteiger charge is -2.28. The third-order valence-corrected chi connectivity index (χ3v) is 4.91. The second kappa shape index (κ2) is 7.97. The van der Waals surface area contributed by atoms with Gasteiger partial charge in [0.15, 0.2) is 5.96 Å². The smallest absolute Gasteiger partial charge is 0.191 e. The summed E-state index contributed by atoms with van der Waals surface area (Å²) in [5, 5.41) is 6.76. The largest absolute Gasteiger partial charge is 0.356 e. The van der Waals surface area contributed by atoms with Crippen LogP contribution in [0.4, 0.5) is 4.39 Å². The third kappa shape index (κ3) is 5.20. The average Bonchev–Trinajstić information content (AvgIpc) is 3.39. The van der Waals surface area contributed by atoms with Crippen LogP contribution in [-0.2, 0) is 5.41 Å². The summed E-state index contributed by atoms with van der Waals surface area (Å²) in [6, 6.07) is 8.02. The number of hydrogen-bond acceptors (Lipinski definition) is 2. The summed E-state index contributed by atoms with van der Waals surface area (Å²) < 4.78 is 13.5. The lowest BCUT2D eigenvalue weighted by molar-refractivity contribution is 0.247. The fourth-order valence-electron chi connectivity index (χ4n) is 2.77. The number of nitrogens with one attached hydrogen (secondary N) is 2. The maximum Gasteiger partial charge on any atom is 0.191 e. The summed E-state index contributed by atoms with van der Waals surface area (Å²) in [5.41, 5.74) is 0.795. The monoisotopic (exact) mass is 334 g/mol. The number of likely N-dealkylation sites (N-methyl/N-ethyl adjacent to an activating group) is 1. The highest BCUT2D eigenvalue weighted by Gasteiger charge is 2.29. The van der Waals surface area contributed by atoms with Crippen LogP contribution in [0.2, 0.25) is 0 Å². The summed E-state index contributed by atoms with van der Waals surface area (Å²) in [5.74, 6) is 0.593. The minimum atomic E-state index is -0.194. The Hall–Kier alpha value is -1.62. The summed E-state index contributed by atoms with van der Waals surface area (Å²) >= 11 is 0. The first-order chi connectivity index (χ1) is 11.3. The molecule has 0 amide bonds. The molecule has 1 aliphatic rings. The van der Waals surface area contributed by atoms with Gasteiger partial charge in [0.1, 0.15) is 5.82 Å². The van der Waals surface area contributed by atoms with Crippen LogP contribution >= 0.6 is 0 Å². The quantitative estimate of drug-likeness (QED) is 0.595. The Kier molecular flexibility index (Phi) is 6.21. The Balaban J connectivity index is 1.84. The highest BCUT2D eigenvalue weighted by atomic mass is 19.1. The van der Waals surface area contributed by atoms with Crippen molar-refractivity contribution in [1.82, 2.24) is 15.5 Å². The first-order valence-corrected chi connectivity index (χ1v) is 8.76. The lowest BCUT2D eigenvalue weighted by Crippen LogP contribution is -2.48. The fraction of sp³-hybridized carbons (Fsp3) is 0.632. The fourth-order valence-corrected chi connectivity index (χ4v) is 2.77. The van der Waals surface area contributed by atoms with Gasteiger partial charge >= 0.3 is 0 Å². The average molecular weight is 334 g/mol. The zero-order valence-electron chi connectivity index (χ0n) is 15.6. The molecule has 5 heteroatoms. The molecular formula is C19H31FN4. The molecule has 0 radical (unpaired) electrons. The summed E-state index contributed by atoms with van der Waals surface area (Å²) in [6.45, 7) is 7.97. The van der Waals surface area contributed by atoms with Gasteiger partial charge < -0.3 is 10.6 Å². The molecule has 1 atom stereocenters. The predicted molar refractivity (Wildman–Crippen MR) is 99.0 cm³/mol. The highest BCUT2D eigenvalue weighted by molar-refractivity contribution is 5.79. The molecule has 0 aliphatic heterocycles. The summed E-state index contributed by atoms with van der Waals surface area (Å²) in [6.07, 6.45) is 2.63. The van der Waals surface area contributed by atoms with Gasteiger partial charge in [-0.25, -0.2) is 4.39 Å². The Labute approximate surface area is 145 Å². The van der Waals surface area contributed by atoms with Gasteiger partial charge in [-0.2, -0.15) is 0 Å². The highest BCUT2D eigenvalue weighted by Crippen LogP contribution is 2.26. The molecule has 2 N–H and O–H groups in total. The molecule has 4 nitrogen and oxygen atoms in total. The summed E-state index contributed by atoms with van der Waals surface area (Å²) in [7, 11) is 3.97. The van der Waals surface area contributed by atoms with Gasteiger partial charge in [-0.3, -0.25) is 9.89 Å². The number of hydrogen-bond donors (Lipinski definition) is 2. The van der Waals surface area contributed by atoms with E-state index in [4.69, 9.17) is 0 Å². The molecule has 2 rings (SSSR count). The molecule has 24 heavy (non-hydrogen) atoms. The zero-order valence-corrected chi connectivity index (χ0v) is 15.6. The normalized spacial score (nSPS) is 17.0. The topological polar surface area (TPSA) is 39.7 Å². The van der Waals surface area contributed by atoms with Gasteiger partial charge in [0, 0.05) is 37.6 Å². The minimum absolute atomic E-state index is 0.184. The van der Waals surface area contributed by atoms with Gasteiger partial charge in [-0.15, -0.1) is 0 Å². The van der Waals surface area contributed by atoms with Crippen LogP contribution in [0.1, 0.15) is 39.2 Å². The van der Waals surface area contributed by atoms with Crippen LogP contribution in [0.3, 0.4) is 0 Å². The molecule has 1 aliphatic carbocycles. The van der Waals surface area contributed by atoms with E-state index in [0.717, 1.165) is 24.1 Å². The van der Waals surface area contributed by atoms with E-state index in [0.29, 0.717) is 12.6 Å². The molecular weight excluding hydrogens is 303 g/mol. The van der Waals surface area contributed by atoms with Gasteiger partial charge in [-0.05, 0) is 44.5 Å². The molecule has 0 bridgehead atoms. The van der Waals surface area contributed by atoms with Crippen molar-refractivity contribution in [3.63, 3.8) is 0 Å². The van der Waals surface area contributed by atoms with Crippen molar-refractivity contribution in [3.8, 4) is 0 Å². The molecule has 1 fully saturated rings. The molecule has 1 aromatic rings. The van der Waals surface area contributed by atoms with E-state index < -0.39 is 0 Å². The zero-order chi connectivity index (χ0) is 17.7. The second-order valence-corrected chi connectivity index (χ2v) is 7.45. The van der Waals surface area contributed by atoms with E-state index in [2.05, 4.69) is 48.3 Å². The molecule has 0 heterocycles. The number of aliphatic imine (C=N–C) groups is 1.